The molecule has 0 saturated carbocycles. The van der Waals surface area contributed by atoms with Gasteiger partial charge in [-0.3, -0.25) is 9.59 Å². The molecule has 2 N–H and O–H groups in total. The van der Waals surface area contributed by atoms with Crippen molar-refractivity contribution in [3.8, 4) is 0 Å². The highest BCUT2D eigenvalue weighted by atomic mass is 35.5. The van der Waals surface area contributed by atoms with E-state index in [0.717, 1.165) is 16.8 Å². The summed E-state index contributed by atoms with van der Waals surface area (Å²) in [5.74, 6) is -2.55. The van der Waals surface area contributed by atoms with Gasteiger partial charge in [-0.25, -0.2) is 13.9 Å². The lowest BCUT2D eigenvalue weighted by Crippen LogP contribution is -2.34. The highest BCUT2D eigenvalue weighted by Gasteiger charge is 2.23. The maximum atomic E-state index is 13.1. The molecule has 0 saturated heterocycles. The van der Waals surface area contributed by atoms with Gasteiger partial charge in [0.2, 0.25) is 5.91 Å². The number of aromatic nitrogens is 2. The molecule has 0 aliphatic rings. The largest absolute Gasteiger partial charge is 0.476 e. The number of aromatic carboxylic acids is 1. The lowest BCUT2D eigenvalue weighted by molar-refractivity contribution is -0.119. The van der Waals surface area contributed by atoms with Gasteiger partial charge in [-0.05, 0) is 31.2 Å². The molecule has 9 heteroatoms. The first-order valence-electron chi connectivity index (χ1n) is 7.80. The molecular weight excluding hydrogens is 377 g/mol. The van der Waals surface area contributed by atoms with E-state index in [1.165, 1.54) is 25.1 Å². The number of rotatable bonds is 4. The predicted molar refractivity (Wildman–Crippen MR) is 97.7 cm³/mol. The van der Waals surface area contributed by atoms with E-state index in [4.69, 9.17) is 11.6 Å². The second kappa shape index (κ2) is 7.16. The van der Waals surface area contributed by atoms with Crippen LogP contribution in [-0.4, -0.2) is 26.8 Å². The fraction of sp³-hybridized carbons (Fsp3) is 0.111. The number of nitrogens with one attached hydrogen (secondary N) is 1. The first-order valence-corrected chi connectivity index (χ1v) is 8.18. The number of hydrogen-bond acceptors (Lipinski definition) is 4. The topological polar surface area (TPSA) is 101 Å². The SMILES string of the molecule is CC(C(=O)Nc1ccc(F)cc1Cl)n1nc(C(=O)O)c2ccccc2c1=O. The van der Waals surface area contributed by atoms with Crippen LogP contribution in [0.1, 0.15) is 23.5 Å². The lowest BCUT2D eigenvalue weighted by Gasteiger charge is -2.16. The van der Waals surface area contributed by atoms with Crippen molar-refractivity contribution in [3.05, 3.63) is 69.4 Å². The van der Waals surface area contributed by atoms with E-state index in [0.29, 0.717) is 0 Å². The summed E-state index contributed by atoms with van der Waals surface area (Å²) in [5.41, 5.74) is -0.796. The Labute approximate surface area is 157 Å². The van der Waals surface area contributed by atoms with Crippen LogP contribution in [-0.2, 0) is 4.79 Å². The Morgan fingerprint density at radius 3 is 2.52 bits per heavy atom. The average Bonchev–Trinajstić information content (AvgIpc) is 2.63. The van der Waals surface area contributed by atoms with Crippen molar-refractivity contribution in [3.63, 3.8) is 0 Å². The third-order valence-corrected chi connectivity index (χ3v) is 4.28. The zero-order valence-corrected chi connectivity index (χ0v) is 14.7. The van der Waals surface area contributed by atoms with Gasteiger partial charge < -0.3 is 10.4 Å². The number of nitrogens with zero attached hydrogens (tertiary/aromatic N) is 2. The van der Waals surface area contributed by atoms with Crippen LogP contribution in [0.25, 0.3) is 10.8 Å². The van der Waals surface area contributed by atoms with Crippen LogP contribution in [0, 0.1) is 5.82 Å². The first-order chi connectivity index (χ1) is 12.8. The normalized spacial score (nSPS) is 12.0. The Kier molecular flexibility index (Phi) is 4.91. The summed E-state index contributed by atoms with van der Waals surface area (Å²) < 4.78 is 13.9. The fourth-order valence-electron chi connectivity index (χ4n) is 2.57. The molecule has 1 atom stereocenters. The molecule has 0 aliphatic carbocycles. The van der Waals surface area contributed by atoms with Gasteiger partial charge in [-0.2, -0.15) is 5.10 Å². The van der Waals surface area contributed by atoms with Crippen LogP contribution in [0.3, 0.4) is 0 Å². The molecule has 138 valence electrons. The molecule has 0 aliphatic heterocycles. The van der Waals surface area contributed by atoms with Crippen LogP contribution in [0.15, 0.2) is 47.3 Å². The molecule has 3 aromatic rings. The summed E-state index contributed by atoms with van der Waals surface area (Å²) in [6, 6.07) is 8.41. The van der Waals surface area contributed by atoms with Gasteiger partial charge in [-0.15, -0.1) is 0 Å². The maximum Gasteiger partial charge on any atom is 0.357 e. The number of amides is 1. The van der Waals surface area contributed by atoms with Gasteiger partial charge in [0.1, 0.15) is 11.9 Å². The Morgan fingerprint density at radius 2 is 1.89 bits per heavy atom. The molecule has 1 unspecified atom stereocenters. The highest BCUT2D eigenvalue weighted by molar-refractivity contribution is 6.33. The van der Waals surface area contributed by atoms with E-state index in [1.54, 1.807) is 12.1 Å². The van der Waals surface area contributed by atoms with Crippen LogP contribution in [0.2, 0.25) is 5.02 Å². The zero-order valence-electron chi connectivity index (χ0n) is 13.9. The quantitative estimate of drug-likeness (QED) is 0.714. The number of fused-ring (bicyclic) bond motifs is 1. The number of anilines is 1. The van der Waals surface area contributed by atoms with Crippen molar-refractivity contribution in [2.45, 2.75) is 13.0 Å². The van der Waals surface area contributed by atoms with Gasteiger partial charge >= 0.3 is 5.97 Å². The van der Waals surface area contributed by atoms with Gasteiger partial charge in [0, 0.05) is 5.39 Å². The number of carboxylic acids is 1. The average molecular weight is 390 g/mol. The van der Waals surface area contributed by atoms with Gasteiger partial charge in [0.25, 0.3) is 5.56 Å². The van der Waals surface area contributed by atoms with E-state index in [-0.39, 0.29) is 27.2 Å². The van der Waals surface area contributed by atoms with Crippen LogP contribution in [0.5, 0.6) is 0 Å². The van der Waals surface area contributed by atoms with Crippen molar-refractivity contribution >= 4 is 39.9 Å². The molecule has 1 aromatic heterocycles. The van der Waals surface area contributed by atoms with E-state index < -0.39 is 29.3 Å². The second-order valence-corrected chi connectivity index (χ2v) is 6.15. The third kappa shape index (κ3) is 3.52. The highest BCUT2D eigenvalue weighted by Crippen LogP contribution is 2.23. The predicted octanol–water partition coefficient (Wildman–Crippen LogP) is 3.09. The van der Waals surface area contributed by atoms with Crippen molar-refractivity contribution < 1.29 is 19.1 Å². The minimum absolute atomic E-state index is 0.0133. The van der Waals surface area contributed by atoms with Gasteiger partial charge in [0.05, 0.1) is 16.1 Å². The number of benzene rings is 2. The number of carbonyl (C=O) groups excluding carboxylic acids is 1. The van der Waals surface area contributed by atoms with E-state index >= 15 is 0 Å². The molecule has 0 fully saturated rings. The standard InChI is InChI=1S/C18H13ClFN3O4/c1-9(16(24)21-14-7-6-10(20)8-13(14)19)23-17(25)12-5-3-2-4-11(12)15(22-23)18(26)27/h2-9H,1H3,(H,21,24)(H,26,27). The molecule has 1 amide bonds. The fourth-order valence-corrected chi connectivity index (χ4v) is 2.78. The summed E-state index contributed by atoms with van der Waals surface area (Å²) in [7, 11) is 0. The summed E-state index contributed by atoms with van der Waals surface area (Å²) >= 11 is 5.88. The van der Waals surface area contributed by atoms with Gasteiger partial charge in [0.15, 0.2) is 5.69 Å². The van der Waals surface area contributed by atoms with Crippen molar-refractivity contribution in [1.82, 2.24) is 9.78 Å². The lowest BCUT2D eigenvalue weighted by atomic mass is 10.1. The Balaban J connectivity index is 2.03. The zero-order chi connectivity index (χ0) is 19.7. The van der Waals surface area contributed by atoms with E-state index in [1.807, 2.05) is 0 Å². The first kappa shape index (κ1) is 18.5. The van der Waals surface area contributed by atoms with Crippen molar-refractivity contribution in [1.29, 1.82) is 0 Å². The molecule has 0 bridgehead atoms. The van der Waals surface area contributed by atoms with Gasteiger partial charge in [-0.1, -0.05) is 29.8 Å². The molecule has 2 aromatic carbocycles. The van der Waals surface area contributed by atoms with E-state index in [2.05, 4.69) is 10.4 Å². The minimum Gasteiger partial charge on any atom is -0.476 e. The number of hydrogen-bond donors (Lipinski definition) is 2. The Hall–Kier alpha value is -3.26. The van der Waals surface area contributed by atoms with E-state index in [9.17, 15) is 23.9 Å². The summed E-state index contributed by atoms with van der Waals surface area (Å²) in [4.78, 5) is 36.7. The molecular formula is C18H13ClFN3O4. The molecule has 0 spiro atoms. The number of halogens is 2. The second-order valence-electron chi connectivity index (χ2n) is 5.74. The molecule has 0 radical (unpaired) electrons. The summed E-state index contributed by atoms with van der Waals surface area (Å²) in [6.07, 6.45) is 0. The molecule has 7 nitrogen and oxygen atoms in total. The third-order valence-electron chi connectivity index (χ3n) is 3.97. The van der Waals surface area contributed by atoms with Crippen LogP contribution < -0.4 is 10.9 Å². The summed E-state index contributed by atoms with van der Waals surface area (Å²) in [5, 5.41) is 16.0. The minimum atomic E-state index is -1.32. The molecule has 3 rings (SSSR count). The maximum absolute atomic E-state index is 13.1. The van der Waals surface area contributed by atoms with Crippen LogP contribution >= 0.6 is 11.6 Å². The number of carbonyl (C=O) groups is 2. The Bertz CT molecular complexity index is 1130. The molecule has 27 heavy (non-hydrogen) atoms. The van der Waals surface area contributed by atoms with Crippen molar-refractivity contribution in [2.24, 2.45) is 0 Å². The summed E-state index contributed by atoms with van der Waals surface area (Å²) in [6.45, 7) is 1.39. The molecule has 1 heterocycles. The Morgan fingerprint density at radius 1 is 1.22 bits per heavy atom. The number of carboxylic acid groups (broad SMARTS) is 1. The van der Waals surface area contributed by atoms with Crippen molar-refractivity contribution in [2.75, 3.05) is 5.32 Å². The monoisotopic (exact) mass is 389 g/mol. The van der Waals surface area contributed by atoms with Crippen LogP contribution in [0.4, 0.5) is 10.1 Å². The smallest absolute Gasteiger partial charge is 0.357 e.